The minimum Gasteiger partial charge on any atom is -0.493 e. The summed E-state index contributed by atoms with van der Waals surface area (Å²) in [5, 5.41) is 9.88. The number of carbonyl (C=O) groups excluding carboxylic acids is 1. The Balaban J connectivity index is 1.28. The number of hydrogen-bond acceptors (Lipinski definition) is 4. The number of carboxylic acids is 1. The molecule has 1 heterocycles. The van der Waals surface area contributed by atoms with E-state index in [0.717, 1.165) is 10.9 Å². The van der Waals surface area contributed by atoms with E-state index in [1.807, 2.05) is 18.2 Å². The van der Waals surface area contributed by atoms with Crippen molar-refractivity contribution in [3.63, 3.8) is 0 Å². The third-order valence-corrected chi connectivity index (χ3v) is 5.13. The summed E-state index contributed by atoms with van der Waals surface area (Å²) in [7, 11) is 0. The first-order valence-electron chi connectivity index (χ1n) is 10.5. The van der Waals surface area contributed by atoms with Gasteiger partial charge in [0.15, 0.2) is 5.78 Å². The number of carboxylic acid groups (broad SMARTS) is 1. The summed E-state index contributed by atoms with van der Waals surface area (Å²) >= 11 is 0. The van der Waals surface area contributed by atoms with Crippen molar-refractivity contribution in [2.45, 2.75) is 12.8 Å². The lowest BCUT2D eigenvalue weighted by molar-refractivity contribution is -0.136. The van der Waals surface area contributed by atoms with Crippen molar-refractivity contribution >= 4 is 22.7 Å². The number of ether oxygens (including phenoxy) is 2. The van der Waals surface area contributed by atoms with Crippen molar-refractivity contribution in [2.75, 3.05) is 13.2 Å². The zero-order chi connectivity index (χ0) is 23.2. The maximum Gasteiger partial charge on any atom is 0.307 e. The molecule has 0 aliphatic rings. The Morgan fingerprint density at radius 1 is 0.879 bits per heavy atom. The molecule has 0 amide bonds. The van der Waals surface area contributed by atoms with Crippen molar-refractivity contribution in [2.24, 2.45) is 0 Å². The van der Waals surface area contributed by atoms with E-state index in [1.54, 1.807) is 30.5 Å². The van der Waals surface area contributed by atoms with Crippen LogP contribution >= 0.6 is 0 Å². The lowest BCUT2D eigenvalue weighted by Crippen LogP contribution is -2.06. The van der Waals surface area contributed by atoms with Crippen molar-refractivity contribution in [3.05, 3.63) is 95.4 Å². The van der Waals surface area contributed by atoms with E-state index in [-0.39, 0.29) is 18.0 Å². The number of aromatic amines is 1. The SMILES string of the molecule is O=C(O)Cc1c[nH]c2cccc(OCCCOc3ccc(C(=O)c4ccc(F)cc4)cc3)c12. The standard InChI is InChI=1S/C26H22FNO5/c27-20-9-5-17(6-10-20)26(31)18-7-11-21(12-8-18)32-13-2-14-33-23-4-1-3-22-25(23)19(16-28-22)15-24(29)30/h1,3-12,16,28H,2,13-15H2,(H,29,30). The highest BCUT2D eigenvalue weighted by molar-refractivity contribution is 6.09. The van der Waals surface area contributed by atoms with Crippen molar-refractivity contribution in [1.29, 1.82) is 0 Å². The van der Waals surface area contributed by atoms with E-state index in [4.69, 9.17) is 14.6 Å². The molecular formula is C26H22FNO5. The van der Waals surface area contributed by atoms with Gasteiger partial charge in [-0.3, -0.25) is 9.59 Å². The van der Waals surface area contributed by atoms with Gasteiger partial charge >= 0.3 is 5.97 Å². The van der Waals surface area contributed by atoms with E-state index in [9.17, 15) is 14.0 Å². The Labute approximate surface area is 189 Å². The number of carbonyl (C=O) groups is 2. The molecule has 1 aromatic heterocycles. The fourth-order valence-electron chi connectivity index (χ4n) is 3.54. The molecular weight excluding hydrogens is 425 g/mol. The van der Waals surface area contributed by atoms with Crippen molar-refractivity contribution in [1.82, 2.24) is 4.98 Å². The van der Waals surface area contributed by atoms with Crippen LogP contribution in [-0.2, 0) is 11.2 Å². The fourth-order valence-corrected chi connectivity index (χ4v) is 3.54. The molecule has 168 valence electrons. The third-order valence-electron chi connectivity index (χ3n) is 5.13. The van der Waals surface area contributed by atoms with Gasteiger partial charge in [0.05, 0.1) is 19.6 Å². The third kappa shape index (κ3) is 5.38. The maximum absolute atomic E-state index is 13.0. The normalized spacial score (nSPS) is 10.8. The van der Waals surface area contributed by atoms with E-state index < -0.39 is 5.97 Å². The van der Waals surface area contributed by atoms with Gasteiger partial charge in [-0.1, -0.05) is 6.07 Å². The molecule has 0 bridgehead atoms. The van der Waals surface area contributed by atoms with Crippen LogP contribution in [0.15, 0.2) is 72.9 Å². The predicted molar refractivity (Wildman–Crippen MR) is 122 cm³/mol. The number of benzene rings is 3. The Bertz CT molecular complexity index is 1260. The van der Waals surface area contributed by atoms with E-state index in [0.29, 0.717) is 47.8 Å². The molecule has 0 saturated heterocycles. The molecule has 0 aliphatic heterocycles. The van der Waals surface area contributed by atoms with Crippen molar-refractivity contribution < 1.29 is 28.6 Å². The van der Waals surface area contributed by atoms with Crippen LogP contribution in [0.3, 0.4) is 0 Å². The summed E-state index contributed by atoms with van der Waals surface area (Å²) in [4.78, 5) is 26.6. The first kappa shape index (κ1) is 22.1. The van der Waals surface area contributed by atoms with Gasteiger partial charge in [0.2, 0.25) is 0 Å². The quantitative estimate of drug-likeness (QED) is 0.263. The van der Waals surface area contributed by atoms with Gasteiger partial charge in [0, 0.05) is 34.6 Å². The fraction of sp³-hybridized carbons (Fsp3) is 0.154. The van der Waals surface area contributed by atoms with E-state index >= 15 is 0 Å². The van der Waals surface area contributed by atoms with Gasteiger partial charge in [0.25, 0.3) is 0 Å². The molecule has 0 radical (unpaired) electrons. The van der Waals surface area contributed by atoms with Crippen LogP contribution in [0.4, 0.5) is 4.39 Å². The predicted octanol–water partition coefficient (Wildman–Crippen LogP) is 5.01. The highest BCUT2D eigenvalue weighted by Crippen LogP contribution is 2.29. The van der Waals surface area contributed by atoms with E-state index in [1.165, 1.54) is 24.3 Å². The van der Waals surface area contributed by atoms with Gasteiger partial charge in [-0.15, -0.1) is 0 Å². The Kier molecular flexibility index (Phi) is 6.69. The second-order valence-electron chi connectivity index (χ2n) is 7.47. The summed E-state index contributed by atoms with van der Waals surface area (Å²) in [6, 6.07) is 17.8. The number of rotatable bonds is 10. The number of halogens is 1. The smallest absolute Gasteiger partial charge is 0.307 e. The first-order chi connectivity index (χ1) is 16.0. The highest BCUT2D eigenvalue weighted by Gasteiger charge is 2.12. The molecule has 33 heavy (non-hydrogen) atoms. The van der Waals surface area contributed by atoms with E-state index in [2.05, 4.69) is 4.98 Å². The largest absolute Gasteiger partial charge is 0.493 e. The molecule has 0 spiro atoms. The Morgan fingerprint density at radius 2 is 1.55 bits per heavy atom. The molecule has 0 fully saturated rings. The van der Waals surface area contributed by atoms with Gasteiger partial charge in [-0.2, -0.15) is 0 Å². The average Bonchev–Trinajstić information content (AvgIpc) is 3.22. The lowest BCUT2D eigenvalue weighted by Gasteiger charge is -2.10. The Hall–Kier alpha value is -4.13. The number of nitrogens with one attached hydrogen (secondary N) is 1. The second kappa shape index (κ2) is 9.99. The summed E-state index contributed by atoms with van der Waals surface area (Å²) in [6.07, 6.45) is 2.23. The first-order valence-corrected chi connectivity index (χ1v) is 10.5. The molecule has 3 aromatic carbocycles. The van der Waals surface area contributed by atoms with Crippen LogP contribution in [0.25, 0.3) is 10.9 Å². The van der Waals surface area contributed by atoms with Gasteiger partial charge < -0.3 is 19.6 Å². The van der Waals surface area contributed by atoms with Crippen LogP contribution in [0, 0.1) is 5.82 Å². The zero-order valence-corrected chi connectivity index (χ0v) is 17.7. The van der Waals surface area contributed by atoms with Gasteiger partial charge in [-0.25, -0.2) is 4.39 Å². The molecule has 4 aromatic rings. The van der Waals surface area contributed by atoms with Gasteiger partial charge in [0.1, 0.15) is 17.3 Å². The number of hydrogen-bond donors (Lipinski definition) is 2. The molecule has 0 aliphatic carbocycles. The number of aliphatic carboxylic acids is 1. The molecule has 2 N–H and O–H groups in total. The van der Waals surface area contributed by atoms with Crippen LogP contribution in [0.1, 0.15) is 27.9 Å². The lowest BCUT2D eigenvalue weighted by atomic mass is 10.0. The molecule has 6 nitrogen and oxygen atoms in total. The second-order valence-corrected chi connectivity index (χ2v) is 7.47. The number of ketones is 1. The molecule has 0 atom stereocenters. The van der Waals surface area contributed by atoms with Crippen molar-refractivity contribution in [3.8, 4) is 11.5 Å². The summed E-state index contributed by atoms with van der Waals surface area (Å²) in [5.41, 5.74) is 2.43. The monoisotopic (exact) mass is 447 g/mol. The zero-order valence-electron chi connectivity index (χ0n) is 17.7. The summed E-state index contributed by atoms with van der Waals surface area (Å²) < 4.78 is 24.6. The van der Waals surface area contributed by atoms with Crippen LogP contribution in [0.5, 0.6) is 11.5 Å². The number of aromatic nitrogens is 1. The highest BCUT2D eigenvalue weighted by atomic mass is 19.1. The van der Waals surface area contributed by atoms with Gasteiger partial charge in [-0.05, 0) is 66.2 Å². The number of H-pyrrole nitrogens is 1. The maximum atomic E-state index is 13.0. The molecule has 4 rings (SSSR count). The topological polar surface area (TPSA) is 88.6 Å². The van der Waals surface area contributed by atoms with Crippen LogP contribution in [0.2, 0.25) is 0 Å². The number of fused-ring (bicyclic) bond motifs is 1. The summed E-state index contributed by atoms with van der Waals surface area (Å²) in [6.45, 7) is 0.814. The minimum absolute atomic E-state index is 0.0802. The molecule has 0 saturated carbocycles. The van der Waals surface area contributed by atoms with Crippen LogP contribution < -0.4 is 9.47 Å². The molecule has 7 heteroatoms. The molecule has 0 unspecified atom stereocenters. The van der Waals surface area contributed by atoms with Crippen LogP contribution in [-0.4, -0.2) is 35.1 Å². The minimum atomic E-state index is -0.899. The summed E-state index contributed by atoms with van der Waals surface area (Å²) in [5.74, 6) is -0.207. The average molecular weight is 447 g/mol. The Morgan fingerprint density at radius 3 is 2.24 bits per heavy atom.